The molecule has 2 nitrogen and oxygen atoms in total. The van der Waals surface area contributed by atoms with Crippen LogP contribution in [0.15, 0.2) is 18.2 Å². The SMILES string of the molecule is OC1CC2CCc3cccc(c32)C1O. The van der Waals surface area contributed by atoms with Crippen molar-refractivity contribution in [2.75, 3.05) is 0 Å². The highest BCUT2D eigenvalue weighted by Gasteiger charge is 2.36. The third kappa shape index (κ3) is 0.983. The molecule has 0 amide bonds. The van der Waals surface area contributed by atoms with E-state index in [0.29, 0.717) is 5.92 Å². The quantitative estimate of drug-likeness (QED) is 0.651. The van der Waals surface area contributed by atoms with Crippen molar-refractivity contribution < 1.29 is 10.2 Å². The molecule has 1 aromatic rings. The van der Waals surface area contributed by atoms with Gasteiger partial charge in [0.05, 0.1) is 6.10 Å². The molecule has 0 heterocycles. The molecule has 2 aliphatic rings. The Morgan fingerprint density at radius 2 is 2.07 bits per heavy atom. The van der Waals surface area contributed by atoms with Crippen molar-refractivity contribution >= 4 is 0 Å². The predicted molar refractivity (Wildman–Crippen MR) is 53.1 cm³/mol. The van der Waals surface area contributed by atoms with E-state index in [2.05, 4.69) is 6.07 Å². The molecule has 0 fully saturated rings. The predicted octanol–water partition coefficient (Wildman–Crippen LogP) is 1.51. The summed E-state index contributed by atoms with van der Waals surface area (Å²) in [5.41, 5.74) is 3.66. The summed E-state index contributed by atoms with van der Waals surface area (Å²) in [5, 5.41) is 19.5. The van der Waals surface area contributed by atoms with Crippen molar-refractivity contribution in [2.45, 2.75) is 37.4 Å². The third-order valence-electron chi connectivity index (χ3n) is 3.61. The van der Waals surface area contributed by atoms with Crippen molar-refractivity contribution in [1.82, 2.24) is 0 Å². The Kier molecular flexibility index (Phi) is 1.70. The summed E-state index contributed by atoms with van der Waals surface area (Å²) in [6.07, 6.45) is 1.73. The minimum atomic E-state index is -0.667. The van der Waals surface area contributed by atoms with Crippen molar-refractivity contribution in [3.63, 3.8) is 0 Å². The molecule has 3 unspecified atom stereocenters. The zero-order chi connectivity index (χ0) is 9.71. The number of hydrogen-bond donors (Lipinski definition) is 2. The number of aliphatic hydroxyl groups excluding tert-OH is 2. The molecule has 0 aromatic heterocycles. The first-order valence-electron chi connectivity index (χ1n) is 5.25. The molecule has 3 atom stereocenters. The van der Waals surface area contributed by atoms with Crippen molar-refractivity contribution in [3.8, 4) is 0 Å². The van der Waals surface area contributed by atoms with Crippen LogP contribution >= 0.6 is 0 Å². The fourth-order valence-electron chi connectivity index (χ4n) is 2.94. The highest BCUT2D eigenvalue weighted by molar-refractivity contribution is 5.45. The third-order valence-corrected chi connectivity index (χ3v) is 3.61. The topological polar surface area (TPSA) is 40.5 Å². The highest BCUT2D eigenvalue weighted by atomic mass is 16.3. The maximum Gasteiger partial charge on any atom is 0.105 e. The van der Waals surface area contributed by atoms with Gasteiger partial charge in [-0.2, -0.15) is 0 Å². The Bertz CT molecular complexity index is 373. The molecule has 0 aliphatic heterocycles. The van der Waals surface area contributed by atoms with Crippen LogP contribution in [0.1, 0.15) is 41.6 Å². The van der Waals surface area contributed by atoms with E-state index in [1.54, 1.807) is 0 Å². The molecular formula is C12H14O2. The maximum absolute atomic E-state index is 9.85. The van der Waals surface area contributed by atoms with Gasteiger partial charge >= 0.3 is 0 Å². The van der Waals surface area contributed by atoms with Gasteiger partial charge in [-0.05, 0) is 41.9 Å². The standard InChI is InChI=1S/C12H14O2/c13-10-6-8-5-4-7-2-1-3-9(11(7)8)12(10)14/h1-3,8,10,12-14H,4-6H2. The Labute approximate surface area is 83.2 Å². The lowest BCUT2D eigenvalue weighted by atomic mass is 9.81. The van der Waals surface area contributed by atoms with Gasteiger partial charge in [-0.1, -0.05) is 18.2 Å². The molecule has 0 saturated carbocycles. The molecule has 0 saturated heterocycles. The van der Waals surface area contributed by atoms with Gasteiger partial charge < -0.3 is 10.2 Å². The second-order valence-electron chi connectivity index (χ2n) is 4.40. The van der Waals surface area contributed by atoms with Crippen LogP contribution in [0, 0.1) is 0 Å². The van der Waals surface area contributed by atoms with Gasteiger partial charge in [-0.25, -0.2) is 0 Å². The van der Waals surface area contributed by atoms with Gasteiger partial charge in [0.15, 0.2) is 0 Å². The summed E-state index contributed by atoms with van der Waals surface area (Å²) in [6, 6.07) is 6.07. The van der Waals surface area contributed by atoms with E-state index in [1.165, 1.54) is 11.1 Å². The Hall–Kier alpha value is -0.860. The normalized spacial score (nSPS) is 34.3. The molecule has 74 valence electrons. The van der Waals surface area contributed by atoms with Gasteiger partial charge in [0.1, 0.15) is 6.10 Å². The summed E-state index contributed by atoms with van der Waals surface area (Å²) >= 11 is 0. The lowest BCUT2D eigenvalue weighted by Gasteiger charge is -2.30. The van der Waals surface area contributed by atoms with E-state index in [4.69, 9.17) is 0 Å². The summed E-state index contributed by atoms with van der Waals surface area (Å²) < 4.78 is 0. The average Bonchev–Trinajstić information content (AvgIpc) is 2.59. The molecular weight excluding hydrogens is 176 g/mol. The Balaban J connectivity index is 2.19. The highest BCUT2D eigenvalue weighted by Crippen LogP contribution is 2.45. The molecule has 1 aromatic carbocycles. The van der Waals surface area contributed by atoms with E-state index in [1.807, 2.05) is 12.1 Å². The summed E-state index contributed by atoms with van der Waals surface area (Å²) in [6.45, 7) is 0. The number of aliphatic hydroxyl groups is 2. The van der Waals surface area contributed by atoms with E-state index < -0.39 is 12.2 Å². The van der Waals surface area contributed by atoms with Gasteiger partial charge in [0.25, 0.3) is 0 Å². The van der Waals surface area contributed by atoms with E-state index >= 15 is 0 Å². The lowest BCUT2D eigenvalue weighted by Crippen LogP contribution is -2.26. The van der Waals surface area contributed by atoms with Gasteiger partial charge in [0, 0.05) is 0 Å². The molecule has 0 radical (unpaired) electrons. The Morgan fingerprint density at radius 1 is 1.21 bits per heavy atom. The molecule has 2 heteroatoms. The smallest absolute Gasteiger partial charge is 0.105 e. The van der Waals surface area contributed by atoms with Crippen LogP contribution in [0.3, 0.4) is 0 Å². The van der Waals surface area contributed by atoms with E-state index in [-0.39, 0.29) is 0 Å². The number of hydrogen-bond acceptors (Lipinski definition) is 2. The van der Waals surface area contributed by atoms with Crippen molar-refractivity contribution in [3.05, 3.63) is 34.9 Å². The zero-order valence-corrected chi connectivity index (χ0v) is 7.98. The van der Waals surface area contributed by atoms with Crippen LogP contribution in [-0.2, 0) is 6.42 Å². The fraction of sp³-hybridized carbons (Fsp3) is 0.500. The molecule has 3 rings (SSSR count). The molecule has 14 heavy (non-hydrogen) atoms. The van der Waals surface area contributed by atoms with Crippen LogP contribution in [0.2, 0.25) is 0 Å². The summed E-state index contributed by atoms with van der Waals surface area (Å²) in [4.78, 5) is 0. The fourth-order valence-corrected chi connectivity index (χ4v) is 2.94. The van der Waals surface area contributed by atoms with Gasteiger partial charge in [-0.15, -0.1) is 0 Å². The van der Waals surface area contributed by atoms with Crippen molar-refractivity contribution in [1.29, 1.82) is 0 Å². The second-order valence-corrected chi connectivity index (χ2v) is 4.40. The largest absolute Gasteiger partial charge is 0.390 e. The van der Waals surface area contributed by atoms with Crippen LogP contribution in [0.4, 0.5) is 0 Å². The van der Waals surface area contributed by atoms with Crippen LogP contribution < -0.4 is 0 Å². The van der Waals surface area contributed by atoms with E-state index in [0.717, 1.165) is 24.8 Å². The van der Waals surface area contributed by atoms with Crippen LogP contribution in [0.25, 0.3) is 0 Å². The minimum Gasteiger partial charge on any atom is -0.390 e. The monoisotopic (exact) mass is 190 g/mol. The number of rotatable bonds is 0. The number of benzene rings is 1. The number of aryl methyl sites for hydroxylation is 1. The van der Waals surface area contributed by atoms with Gasteiger partial charge in [-0.3, -0.25) is 0 Å². The molecule has 2 aliphatic carbocycles. The van der Waals surface area contributed by atoms with Crippen molar-refractivity contribution in [2.24, 2.45) is 0 Å². The summed E-state index contributed by atoms with van der Waals surface area (Å²) in [7, 11) is 0. The van der Waals surface area contributed by atoms with E-state index in [9.17, 15) is 10.2 Å². The zero-order valence-electron chi connectivity index (χ0n) is 7.98. The maximum atomic E-state index is 9.85. The first kappa shape index (κ1) is 8.45. The lowest BCUT2D eigenvalue weighted by molar-refractivity contribution is 0.000791. The summed E-state index contributed by atoms with van der Waals surface area (Å²) in [5.74, 6) is 0.486. The Morgan fingerprint density at radius 3 is 2.93 bits per heavy atom. The molecule has 0 spiro atoms. The van der Waals surface area contributed by atoms with Crippen LogP contribution in [-0.4, -0.2) is 16.3 Å². The van der Waals surface area contributed by atoms with Crippen LogP contribution in [0.5, 0.6) is 0 Å². The second kappa shape index (κ2) is 2.81. The molecule has 0 bridgehead atoms. The first-order valence-corrected chi connectivity index (χ1v) is 5.25. The first-order chi connectivity index (χ1) is 6.77. The van der Waals surface area contributed by atoms with Gasteiger partial charge in [0.2, 0.25) is 0 Å². The minimum absolute atomic E-state index is 0.486. The molecule has 2 N–H and O–H groups in total. The average molecular weight is 190 g/mol.